The fourth-order valence-electron chi connectivity index (χ4n) is 1.72. The second-order valence-electron chi connectivity index (χ2n) is 4.25. The lowest BCUT2D eigenvalue weighted by atomic mass is 10.2. The maximum absolute atomic E-state index is 11.9. The van der Waals surface area contributed by atoms with Crippen LogP contribution in [-0.4, -0.2) is 55.2 Å². The standard InChI is InChI=1S/C13H21N3O5/c1-5-21-13(18)11-9(2)15-16(3)12(11)14-10(17)8-20-7-6-19-4/h5-8H2,1-4H3,(H,14,17). The van der Waals surface area contributed by atoms with Crippen molar-refractivity contribution >= 4 is 17.7 Å². The van der Waals surface area contributed by atoms with Gasteiger partial charge in [-0.2, -0.15) is 5.10 Å². The van der Waals surface area contributed by atoms with Crippen LogP contribution in [0.3, 0.4) is 0 Å². The molecule has 1 aromatic rings. The van der Waals surface area contributed by atoms with Crippen molar-refractivity contribution in [3.05, 3.63) is 11.3 Å². The molecule has 1 N–H and O–H groups in total. The first kappa shape index (κ1) is 17.1. The van der Waals surface area contributed by atoms with Gasteiger partial charge in [0, 0.05) is 14.2 Å². The minimum Gasteiger partial charge on any atom is -0.462 e. The number of aromatic nitrogens is 2. The Morgan fingerprint density at radius 3 is 2.67 bits per heavy atom. The number of nitrogens with zero attached hydrogens (tertiary/aromatic N) is 2. The average molecular weight is 299 g/mol. The Hall–Kier alpha value is -1.93. The minimum atomic E-state index is -0.515. The van der Waals surface area contributed by atoms with Gasteiger partial charge < -0.3 is 19.5 Å². The van der Waals surface area contributed by atoms with Crippen molar-refractivity contribution in [3.8, 4) is 0 Å². The number of esters is 1. The summed E-state index contributed by atoms with van der Waals surface area (Å²) in [6.07, 6.45) is 0. The van der Waals surface area contributed by atoms with E-state index in [1.54, 1.807) is 28.0 Å². The summed E-state index contributed by atoms with van der Waals surface area (Å²) in [6.45, 7) is 4.24. The summed E-state index contributed by atoms with van der Waals surface area (Å²) in [5.41, 5.74) is 0.746. The Balaban J connectivity index is 2.73. The van der Waals surface area contributed by atoms with Gasteiger partial charge in [-0.05, 0) is 13.8 Å². The summed E-state index contributed by atoms with van der Waals surface area (Å²) in [7, 11) is 3.19. The van der Waals surface area contributed by atoms with Crippen LogP contribution in [0.4, 0.5) is 5.82 Å². The number of hydrogen-bond donors (Lipinski definition) is 1. The summed E-state index contributed by atoms with van der Waals surface area (Å²) in [5.74, 6) is -0.593. The van der Waals surface area contributed by atoms with Crippen LogP contribution in [0.5, 0.6) is 0 Å². The van der Waals surface area contributed by atoms with Gasteiger partial charge in [0.05, 0.1) is 25.5 Å². The Morgan fingerprint density at radius 1 is 1.33 bits per heavy atom. The van der Waals surface area contributed by atoms with E-state index in [1.807, 2.05) is 0 Å². The molecule has 0 saturated heterocycles. The molecular formula is C13H21N3O5. The summed E-state index contributed by atoms with van der Waals surface area (Å²) >= 11 is 0. The van der Waals surface area contributed by atoms with Crippen LogP contribution in [0.25, 0.3) is 0 Å². The number of amides is 1. The lowest BCUT2D eigenvalue weighted by Gasteiger charge is -2.08. The molecule has 0 atom stereocenters. The third kappa shape index (κ3) is 4.83. The molecule has 0 aliphatic rings. The lowest BCUT2D eigenvalue weighted by Crippen LogP contribution is -2.22. The van der Waals surface area contributed by atoms with Gasteiger partial charge >= 0.3 is 5.97 Å². The topological polar surface area (TPSA) is 91.7 Å². The average Bonchev–Trinajstić information content (AvgIpc) is 2.70. The molecule has 0 spiro atoms. The molecule has 1 aromatic heterocycles. The molecule has 1 rings (SSSR count). The second kappa shape index (κ2) is 8.38. The zero-order valence-electron chi connectivity index (χ0n) is 12.8. The van der Waals surface area contributed by atoms with Crippen molar-refractivity contribution in [3.63, 3.8) is 0 Å². The Bertz CT molecular complexity index is 498. The van der Waals surface area contributed by atoms with E-state index in [0.29, 0.717) is 24.7 Å². The zero-order valence-corrected chi connectivity index (χ0v) is 12.8. The molecule has 1 heterocycles. The highest BCUT2D eigenvalue weighted by Gasteiger charge is 2.22. The van der Waals surface area contributed by atoms with Crippen molar-refractivity contribution in [2.24, 2.45) is 7.05 Å². The summed E-state index contributed by atoms with van der Waals surface area (Å²) in [6, 6.07) is 0. The molecule has 118 valence electrons. The molecule has 0 aliphatic heterocycles. The molecule has 0 fully saturated rings. The number of anilines is 1. The van der Waals surface area contributed by atoms with Crippen molar-refractivity contribution in [2.45, 2.75) is 13.8 Å². The molecule has 0 bridgehead atoms. The predicted octanol–water partition coefficient (Wildman–Crippen LogP) is 0.507. The Morgan fingerprint density at radius 2 is 2.05 bits per heavy atom. The maximum Gasteiger partial charge on any atom is 0.343 e. The van der Waals surface area contributed by atoms with E-state index >= 15 is 0 Å². The summed E-state index contributed by atoms with van der Waals surface area (Å²) in [5, 5.41) is 6.73. The summed E-state index contributed by atoms with van der Waals surface area (Å²) < 4.78 is 16.3. The number of hydrogen-bond acceptors (Lipinski definition) is 6. The number of aryl methyl sites for hydroxylation is 2. The first-order valence-electron chi connectivity index (χ1n) is 6.58. The molecule has 0 unspecified atom stereocenters. The molecule has 0 radical (unpaired) electrons. The quantitative estimate of drug-likeness (QED) is 0.555. The van der Waals surface area contributed by atoms with Gasteiger partial charge in [0.25, 0.3) is 5.91 Å². The van der Waals surface area contributed by atoms with Crippen molar-refractivity contribution < 1.29 is 23.8 Å². The smallest absolute Gasteiger partial charge is 0.343 e. The lowest BCUT2D eigenvalue weighted by molar-refractivity contribution is -0.121. The maximum atomic E-state index is 11.9. The monoisotopic (exact) mass is 299 g/mol. The van der Waals surface area contributed by atoms with Gasteiger partial charge in [-0.1, -0.05) is 0 Å². The Labute approximate surface area is 123 Å². The van der Waals surface area contributed by atoms with Gasteiger partial charge in [0.2, 0.25) is 0 Å². The first-order chi connectivity index (χ1) is 10.0. The third-order valence-electron chi connectivity index (χ3n) is 2.62. The van der Waals surface area contributed by atoms with Gasteiger partial charge in [0.1, 0.15) is 18.0 Å². The Kier molecular flexibility index (Phi) is 6.83. The minimum absolute atomic E-state index is 0.129. The van der Waals surface area contributed by atoms with E-state index in [9.17, 15) is 9.59 Å². The molecular weight excluding hydrogens is 278 g/mol. The van der Waals surface area contributed by atoms with Gasteiger partial charge in [-0.15, -0.1) is 0 Å². The van der Waals surface area contributed by atoms with Crippen molar-refractivity contribution in [1.29, 1.82) is 0 Å². The highest BCUT2D eigenvalue weighted by atomic mass is 16.5. The van der Waals surface area contributed by atoms with Crippen molar-refractivity contribution in [2.75, 3.05) is 38.9 Å². The number of carbonyl (C=O) groups is 2. The predicted molar refractivity (Wildman–Crippen MR) is 75.2 cm³/mol. The fourth-order valence-corrected chi connectivity index (χ4v) is 1.72. The van der Waals surface area contributed by atoms with E-state index in [4.69, 9.17) is 14.2 Å². The fraction of sp³-hybridized carbons (Fsp3) is 0.615. The number of methoxy groups -OCH3 is 1. The first-order valence-corrected chi connectivity index (χ1v) is 6.58. The molecule has 0 aliphatic carbocycles. The van der Waals surface area contributed by atoms with E-state index in [1.165, 1.54) is 4.68 Å². The van der Waals surface area contributed by atoms with Gasteiger partial charge in [-0.25, -0.2) is 4.79 Å². The largest absolute Gasteiger partial charge is 0.462 e. The van der Waals surface area contributed by atoms with E-state index in [-0.39, 0.29) is 24.7 Å². The number of nitrogens with one attached hydrogen (secondary N) is 1. The third-order valence-corrected chi connectivity index (χ3v) is 2.62. The van der Waals surface area contributed by atoms with Crippen LogP contribution in [-0.2, 0) is 26.1 Å². The normalized spacial score (nSPS) is 10.5. The van der Waals surface area contributed by atoms with Crippen LogP contribution in [0, 0.1) is 6.92 Å². The SMILES string of the molecule is CCOC(=O)c1c(C)nn(C)c1NC(=O)COCCOC. The van der Waals surface area contributed by atoms with E-state index in [2.05, 4.69) is 10.4 Å². The van der Waals surface area contributed by atoms with Crippen LogP contribution in [0.1, 0.15) is 23.0 Å². The number of ether oxygens (including phenoxy) is 3. The molecule has 1 amide bonds. The van der Waals surface area contributed by atoms with Crippen LogP contribution >= 0.6 is 0 Å². The zero-order chi connectivity index (χ0) is 15.8. The van der Waals surface area contributed by atoms with Crippen LogP contribution in [0.15, 0.2) is 0 Å². The number of rotatable bonds is 8. The van der Waals surface area contributed by atoms with Gasteiger partial charge in [0.15, 0.2) is 0 Å². The summed E-state index contributed by atoms with van der Waals surface area (Å²) in [4.78, 5) is 23.7. The number of carbonyl (C=O) groups excluding carboxylic acids is 2. The molecule has 8 nitrogen and oxygen atoms in total. The van der Waals surface area contributed by atoms with Gasteiger partial charge in [-0.3, -0.25) is 9.48 Å². The highest BCUT2D eigenvalue weighted by Crippen LogP contribution is 2.19. The highest BCUT2D eigenvalue weighted by molar-refractivity contribution is 6.01. The van der Waals surface area contributed by atoms with Crippen molar-refractivity contribution in [1.82, 2.24) is 9.78 Å². The van der Waals surface area contributed by atoms with E-state index in [0.717, 1.165) is 0 Å². The molecule has 21 heavy (non-hydrogen) atoms. The van der Waals surface area contributed by atoms with Crippen LogP contribution in [0.2, 0.25) is 0 Å². The van der Waals surface area contributed by atoms with Crippen LogP contribution < -0.4 is 5.32 Å². The molecule has 8 heteroatoms. The molecule has 0 aromatic carbocycles. The molecule has 0 saturated carbocycles. The second-order valence-corrected chi connectivity index (χ2v) is 4.25. The van der Waals surface area contributed by atoms with E-state index < -0.39 is 5.97 Å².